The molecule has 0 atom stereocenters. The lowest BCUT2D eigenvalue weighted by Gasteiger charge is -2.36. The van der Waals surface area contributed by atoms with Crippen molar-refractivity contribution >= 4 is 11.6 Å². The summed E-state index contributed by atoms with van der Waals surface area (Å²) < 4.78 is 55.5. The largest absolute Gasteiger partial charge is 0.418 e. The Balaban J connectivity index is 1.62. The van der Waals surface area contributed by atoms with Crippen LogP contribution in [0.1, 0.15) is 21.7 Å². The van der Waals surface area contributed by atoms with Crippen molar-refractivity contribution < 1.29 is 22.4 Å². The van der Waals surface area contributed by atoms with Crippen molar-refractivity contribution in [2.75, 3.05) is 31.1 Å². The maximum atomic E-state index is 14.1. The van der Waals surface area contributed by atoms with Gasteiger partial charge in [0, 0.05) is 37.9 Å². The summed E-state index contributed by atoms with van der Waals surface area (Å²) in [6, 6.07) is 12.2. The summed E-state index contributed by atoms with van der Waals surface area (Å²) in [5, 5.41) is 4.02. The highest BCUT2D eigenvalue weighted by atomic mass is 19.4. The van der Waals surface area contributed by atoms with Crippen LogP contribution in [-0.4, -0.2) is 46.8 Å². The standard InChI is InChI=1S/C23H20F4N4O2/c1-15-14-20(32)21(28-31(15)18-8-4-2-6-16(18)23(25,26)27)22(33)30-12-10-29(11-13-30)19-9-5-3-7-17(19)24/h2-9,14H,10-13H2,1H3. The molecule has 4 rings (SSSR count). The van der Waals surface area contributed by atoms with E-state index in [1.807, 2.05) is 0 Å². The Kier molecular flexibility index (Phi) is 5.92. The van der Waals surface area contributed by atoms with Gasteiger partial charge in [0.25, 0.3) is 5.91 Å². The highest BCUT2D eigenvalue weighted by Crippen LogP contribution is 2.33. The van der Waals surface area contributed by atoms with Gasteiger partial charge in [-0.2, -0.15) is 18.3 Å². The molecule has 1 aliphatic heterocycles. The number of halogens is 4. The lowest BCUT2D eigenvalue weighted by atomic mass is 10.1. The van der Waals surface area contributed by atoms with Gasteiger partial charge in [0.05, 0.1) is 16.9 Å². The van der Waals surface area contributed by atoms with Crippen LogP contribution in [0.25, 0.3) is 5.69 Å². The number of nitrogens with zero attached hydrogens (tertiary/aromatic N) is 4. The van der Waals surface area contributed by atoms with Crippen molar-refractivity contribution in [2.45, 2.75) is 13.1 Å². The van der Waals surface area contributed by atoms with Crippen LogP contribution in [-0.2, 0) is 6.18 Å². The number of piperazine rings is 1. The molecule has 6 nitrogen and oxygen atoms in total. The molecule has 10 heteroatoms. The van der Waals surface area contributed by atoms with Gasteiger partial charge in [0.2, 0.25) is 5.43 Å². The topological polar surface area (TPSA) is 58.4 Å². The van der Waals surface area contributed by atoms with Crippen molar-refractivity contribution in [3.63, 3.8) is 0 Å². The van der Waals surface area contributed by atoms with Gasteiger partial charge in [-0.15, -0.1) is 0 Å². The van der Waals surface area contributed by atoms with Crippen molar-refractivity contribution in [3.8, 4) is 5.69 Å². The number of hydrogen-bond donors (Lipinski definition) is 0. The minimum atomic E-state index is -4.64. The molecular formula is C23H20F4N4O2. The number of aryl methyl sites for hydroxylation is 1. The first-order valence-corrected chi connectivity index (χ1v) is 10.2. The molecule has 0 N–H and O–H groups in total. The number of alkyl halides is 3. The predicted molar refractivity (Wildman–Crippen MR) is 114 cm³/mol. The summed E-state index contributed by atoms with van der Waals surface area (Å²) in [5.41, 5.74) is -1.75. The molecule has 1 fully saturated rings. The second-order valence-corrected chi connectivity index (χ2v) is 7.66. The number of benzene rings is 2. The normalized spacial score (nSPS) is 14.5. The van der Waals surface area contributed by atoms with Crippen molar-refractivity contribution in [3.05, 3.63) is 87.6 Å². The second kappa shape index (κ2) is 8.68. The summed E-state index contributed by atoms with van der Waals surface area (Å²) in [5.74, 6) is -1.05. The van der Waals surface area contributed by atoms with E-state index in [0.29, 0.717) is 18.8 Å². The van der Waals surface area contributed by atoms with Gasteiger partial charge in [-0.3, -0.25) is 9.59 Å². The summed E-state index contributed by atoms with van der Waals surface area (Å²) >= 11 is 0. The van der Waals surface area contributed by atoms with E-state index in [4.69, 9.17) is 0 Å². The summed E-state index contributed by atoms with van der Waals surface area (Å²) in [6.07, 6.45) is -4.64. The molecule has 2 aromatic carbocycles. The summed E-state index contributed by atoms with van der Waals surface area (Å²) in [4.78, 5) is 28.7. The number of anilines is 1. The number of hydrogen-bond acceptors (Lipinski definition) is 4. The molecule has 0 saturated carbocycles. The van der Waals surface area contributed by atoms with Crippen LogP contribution >= 0.6 is 0 Å². The first-order chi connectivity index (χ1) is 15.7. The quantitative estimate of drug-likeness (QED) is 0.560. The van der Waals surface area contributed by atoms with Gasteiger partial charge >= 0.3 is 6.18 Å². The lowest BCUT2D eigenvalue weighted by molar-refractivity contribution is -0.137. The Bertz CT molecular complexity index is 1250. The van der Waals surface area contributed by atoms with E-state index in [1.165, 1.54) is 36.1 Å². The van der Waals surface area contributed by atoms with Gasteiger partial charge in [0.15, 0.2) is 5.69 Å². The fraction of sp³-hybridized carbons (Fsp3) is 0.261. The van der Waals surface area contributed by atoms with Crippen LogP contribution in [0, 0.1) is 12.7 Å². The summed E-state index contributed by atoms with van der Waals surface area (Å²) in [7, 11) is 0. The zero-order valence-corrected chi connectivity index (χ0v) is 17.6. The van der Waals surface area contributed by atoms with E-state index in [9.17, 15) is 27.2 Å². The maximum Gasteiger partial charge on any atom is 0.418 e. The second-order valence-electron chi connectivity index (χ2n) is 7.66. The number of carbonyl (C=O) groups excluding carboxylic acids is 1. The average molecular weight is 460 g/mol. The number of aromatic nitrogens is 2. The number of amides is 1. The molecule has 1 saturated heterocycles. The maximum absolute atomic E-state index is 14.1. The molecule has 1 aromatic heterocycles. The molecule has 172 valence electrons. The molecule has 1 amide bonds. The Morgan fingerprint density at radius 1 is 0.939 bits per heavy atom. The lowest BCUT2D eigenvalue weighted by Crippen LogP contribution is -2.50. The van der Waals surface area contributed by atoms with Crippen LogP contribution in [0.15, 0.2) is 59.4 Å². The zero-order valence-electron chi connectivity index (χ0n) is 17.6. The molecule has 0 unspecified atom stereocenters. The smallest absolute Gasteiger partial charge is 0.366 e. The van der Waals surface area contributed by atoms with Gasteiger partial charge < -0.3 is 9.80 Å². The van der Waals surface area contributed by atoms with E-state index >= 15 is 0 Å². The highest BCUT2D eigenvalue weighted by Gasteiger charge is 2.34. The molecular weight excluding hydrogens is 440 g/mol. The van der Waals surface area contributed by atoms with E-state index in [2.05, 4.69) is 5.10 Å². The molecule has 0 aliphatic carbocycles. The third kappa shape index (κ3) is 4.46. The Morgan fingerprint density at radius 3 is 2.18 bits per heavy atom. The molecule has 33 heavy (non-hydrogen) atoms. The first kappa shape index (κ1) is 22.5. The molecule has 0 bridgehead atoms. The monoisotopic (exact) mass is 460 g/mol. The fourth-order valence-electron chi connectivity index (χ4n) is 3.85. The summed E-state index contributed by atoms with van der Waals surface area (Å²) in [6.45, 7) is 2.54. The minimum absolute atomic E-state index is 0.164. The third-order valence-electron chi connectivity index (χ3n) is 5.51. The van der Waals surface area contributed by atoms with Gasteiger partial charge in [-0.1, -0.05) is 24.3 Å². The Hall–Kier alpha value is -3.69. The predicted octanol–water partition coefficient (Wildman–Crippen LogP) is 3.66. The van der Waals surface area contributed by atoms with Crippen LogP contribution in [0.2, 0.25) is 0 Å². The number of rotatable bonds is 3. The van der Waals surface area contributed by atoms with Crippen molar-refractivity contribution in [1.29, 1.82) is 0 Å². The fourth-order valence-corrected chi connectivity index (χ4v) is 3.85. The molecule has 2 heterocycles. The minimum Gasteiger partial charge on any atom is -0.366 e. The highest BCUT2D eigenvalue weighted by molar-refractivity contribution is 5.92. The van der Waals surface area contributed by atoms with Crippen LogP contribution in [0.5, 0.6) is 0 Å². The zero-order chi connectivity index (χ0) is 23.8. The van der Waals surface area contributed by atoms with E-state index < -0.39 is 28.8 Å². The van der Waals surface area contributed by atoms with Gasteiger partial charge in [-0.25, -0.2) is 9.07 Å². The number of carbonyl (C=O) groups is 1. The Labute approximate surface area is 186 Å². The first-order valence-electron chi connectivity index (χ1n) is 10.2. The van der Waals surface area contributed by atoms with Gasteiger partial charge in [0.1, 0.15) is 5.82 Å². The van der Waals surface area contributed by atoms with Crippen LogP contribution in [0.4, 0.5) is 23.2 Å². The van der Waals surface area contributed by atoms with Crippen molar-refractivity contribution in [2.24, 2.45) is 0 Å². The molecule has 3 aromatic rings. The van der Waals surface area contributed by atoms with E-state index in [0.717, 1.165) is 16.8 Å². The van der Waals surface area contributed by atoms with Crippen molar-refractivity contribution in [1.82, 2.24) is 14.7 Å². The molecule has 1 aliphatic rings. The third-order valence-corrected chi connectivity index (χ3v) is 5.51. The number of para-hydroxylation sites is 2. The SMILES string of the molecule is Cc1cc(=O)c(C(=O)N2CCN(c3ccccc3F)CC2)nn1-c1ccccc1C(F)(F)F. The molecule has 0 spiro atoms. The van der Waals surface area contributed by atoms with E-state index in [-0.39, 0.29) is 30.3 Å². The Morgan fingerprint density at radius 2 is 1.55 bits per heavy atom. The van der Waals surface area contributed by atoms with Gasteiger partial charge in [-0.05, 0) is 31.2 Å². The van der Waals surface area contributed by atoms with E-state index in [1.54, 1.807) is 23.1 Å². The average Bonchev–Trinajstić information content (AvgIpc) is 2.79. The van der Waals surface area contributed by atoms with Crippen LogP contribution < -0.4 is 10.3 Å². The molecule has 0 radical (unpaired) electrons. The van der Waals surface area contributed by atoms with Crippen LogP contribution in [0.3, 0.4) is 0 Å².